The van der Waals surface area contributed by atoms with Crippen molar-refractivity contribution < 1.29 is 4.74 Å². The lowest BCUT2D eigenvalue weighted by atomic mass is 9.91. The van der Waals surface area contributed by atoms with Crippen molar-refractivity contribution >= 4 is 0 Å². The number of ether oxygens (including phenoxy) is 1. The van der Waals surface area contributed by atoms with Crippen molar-refractivity contribution in [3.05, 3.63) is 53.1 Å². The molecule has 0 aromatic heterocycles. The minimum atomic E-state index is 0.125. The van der Waals surface area contributed by atoms with Crippen LogP contribution in [0.3, 0.4) is 0 Å². The van der Waals surface area contributed by atoms with Gasteiger partial charge in [-0.1, -0.05) is 30.3 Å². The van der Waals surface area contributed by atoms with Gasteiger partial charge in [-0.3, -0.25) is 0 Å². The second-order valence-corrected chi connectivity index (χ2v) is 5.23. The van der Waals surface area contributed by atoms with Gasteiger partial charge in [0, 0.05) is 18.5 Å². The zero-order valence-electron chi connectivity index (χ0n) is 11.4. The Bertz CT molecular complexity index is 598. The van der Waals surface area contributed by atoms with Crippen LogP contribution < -0.4 is 10.5 Å². The molecule has 0 radical (unpaired) electrons. The lowest BCUT2D eigenvalue weighted by molar-refractivity contribution is 0.241. The smallest absolute Gasteiger partial charge is 0.123 e. The van der Waals surface area contributed by atoms with Crippen LogP contribution in [0.15, 0.2) is 36.4 Å². The highest BCUT2D eigenvalue weighted by Crippen LogP contribution is 2.39. The lowest BCUT2D eigenvalue weighted by Gasteiger charge is -2.13. The van der Waals surface area contributed by atoms with Crippen LogP contribution in [0.1, 0.15) is 16.7 Å². The fraction of sp³-hybridized carbons (Fsp3) is 0.294. The van der Waals surface area contributed by atoms with E-state index in [9.17, 15) is 0 Å². The predicted octanol–water partition coefficient (Wildman–Crippen LogP) is 3.23. The Kier molecular flexibility index (Phi) is 3.03. The molecule has 0 amide bonds. The molecular formula is C17H19NO. The Morgan fingerprint density at radius 1 is 1.11 bits per heavy atom. The molecule has 0 fully saturated rings. The maximum absolute atomic E-state index is 5.87. The topological polar surface area (TPSA) is 35.2 Å². The summed E-state index contributed by atoms with van der Waals surface area (Å²) in [6.07, 6.45) is 1.04. The first-order chi connectivity index (χ1) is 9.20. The summed E-state index contributed by atoms with van der Waals surface area (Å²) in [5.74, 6) is 0.996. The molecule has 1 unspecified atom stereocenters. The van der Waals surface area contributed by atoms with Crippen molar-refractivity contribution in [3.63, 3.8) is 0 Å². The summed E-state index contributed by atoms with van der Waals surface area (Å²) in [4.78, 5) is 0. The van der Waals surface area contributed by atoms with Crippen LogP contribution in [-0.2, 0) is 6.42 Å². The molecule has 1 aliphatic rings. The third kappa shape index (κ3) is 2.02. The van der Waals surface area contributed by atoms with E-state index in [4.69, 9.17) is 10.5 Å². The highest BCUT2D eigenvalue weighted by molar-refractivity contribution is 5.76. The molecule has 98 valence electrons. The van der Waals surface area contributed by atoms with Crippen LogP contribution in [0.4, 0.5) is 0 Å². The molecule has 2 N–H and O–H groups in total. The van der Waals surface area contributed by atoms with E-state index in [2.05, 4.69) is 44.2 Å². The molecular weight excluding hydrogens is 234 g/mol. The minimum absolute atomic E-state index is 0.125. The molecule has 2 aromatic carbocycles. The minimum Gasteiger partial charge on any atom is -0.488 e. The summed E-state index contributed by atoms with van der Waals surface area (Å²) in [6.45, 7) is 4.90. The summed E-state index contributed by atoms with van der Waals surface area (Å²) >= 11 is 0. The number of aryl methyl sites for hydroxylation is 2. The molecule has 0 spiro atoms. The van der Waals surface area contributed by atoms with Gasteiger partial charge in [-0.05, 0) is 42.2 Å². The first-order valence-electron chi connectivity index (χ1n) is 6.76. The molecule has 1 aliphatic heterocycles. The fourth-order valence-electron chi connectivity index (χ4n) is 2.94. The van der Waals surface area contributed by atoms with E-state index >= 15 is 0 Å². The Balaban J connectivity index is 2.16. The molecule has 1 heterocycles. The molecule has 19 heavy (non-hydrogen) atoms. The highest BCUT2D eigenvalue weighted by atomic mass is 16.5. The van der Waals surface area contributed by atoms with Crippen LogP contribution in [-0.4, -0.2) is 12.6 Å². The van der Waals surface area contributed by atoms with E-state index in [1.165, 1.54) is 27.8 Å². The summed E-state index contributed by atoms with van der Waals surface area (Å²) in [5.41, 5.74) is 12.3. The molecule has 0 saturated heterocycles. The van der Waals surface area contributed by atoms with Crippen molar-refractivity contribution in [2.24, 2.45) is 5.73 Å². The number of nitrogens with two attached hydrogens (primary N) is 1. The average Bonchev–Trinajstić information content (AvgIpc) is 2.82. The van der Waals surface area contributed by atoms with E-state index in [0.717, 1.165) is 12.2 Å². The number of hydrogen-bond acceptors (Lipinski definition) is 2. The second kappa shape index (κ2) is 4.71. The Morgan fingerprint density at radius 2 is 1.79 bits per heavy atom. The largest absolute Gasteiger partial charge is 0.488 e. The maximum Gasteiger partial charge on any atom is 0.123 e. The van der Waals surface area contributed by atoms with Gasteiger partial charge in [0.25, 0.3) is 0 Å². The first kappa shape index (κ1) is 12.2. The number of fused-ring (bicyclic) bond motifs is 1. The van der Waals surface area contributed by atoms with Gasteiger partial charge in [-0.15, -0.1) is 0 Å². The standard InChI is InChI=1S/C17H19NO/c1-11-5-3-6-12(2)17(11)14-7-4-8-16-15(14)9-13(10-18)19-16/h3-8,13H,9-10,18H2,1-2H3. The maximum atomic E-state index is 5.87. The molecule has 0 bridgehead atoms. The SMILES string of the molecule is Cc1cccc(C)c1-c1cccc2c1CC(CN)O2. The van der Waals surface area contributed by atoms with Gasteiger partial charge in [0.1, 0.15) is 11.9 Å². The first-order valence-corrected chi connectivity index (χ1v) is 6.76. The number of benzene rings is 2. The Morgan fingerprint density at radius 3 is 2.47 bits per heavy atom. The molecule has 3 rings (SSSR count). The van der Waals surface area contributed by atoms with Crippen molar-refractivity contribution in [1.82, 2.24) is 0 Å². The number of hydrogen-bond donors (Lipinski definition) is 1. The van der Waals surface area contributed by atoms with Crippen LogP contribution >= 0.6 is 0 Å². The molecule has 0 aliphatic carbocycles. The molecule has 1 atom stereocenters. The van der Waals surface area contributed by atoms with Gasteiger partial charge in [-0.2, -0.15) is 0 Å². The summed E-state index contributed by atoms with van der Waals surface area (Å²) in [5, 5.41) is 0. The monoisotopic (exact) mass is 253 g/mol. The van der Waals surface area contributed by atoms with Gasteiger partial charge in [-0.25, -0.2) is 0 Å². The molecule has 2 heteroatoms. The quantitative estimate of drug-likeness (QED) is 0.891. The van der Waals surface area contributed by atoms with E-state index in [1.807, 2.05) is 6.07 Å². The van der Waals surface area contributed by atoms with Gasteiger partial charge in [0.05, 0.1) is 0 Å². The van der Waals surface area contributed by atoms with Gasteiger partial charge >= 0.3 is 0 Å². The van der Waals surface area contributed by atoms with E-state index in [-0.39, 0.29) is 6.10 Å². The highest BCUT2D eigenvalue weighted by Gasteiger charge is 2.25. The van der Waals surface area contributed by atoms with E-state index < -0.39 is 0 Å². The average molecular weight is 253 g/mol. The second-order valence-electron chi connectivity index (χ2n) is 5.23. The van der Waals surface area contributed by atoms with Crippen LogP contribution in [0.5, 0.6) is 5.75 Å². The normalized spacial score (nSPS) is 17.1. The van der Waals surface area contributed by atoms with E-state index in [1.54, 1.807) is 0 Å². The van der Waals surface area contributed by atoms with Crippen LogP contribution in [0.2, 0.25) is 0 Å². The van der Waals surface area contributed by atoms with Gasteiger partial charge in [0.15, 0.2) is 0 Å². The fourth-order valence-corrected chi connectivity index (χ4v) is 2.94. The van der Waals surface area contributed by atoms with Crippen molar-refractivity contribution in [1.29, 1.82) is 0 Å². The van der Waals surface area contributed by atoms with Crippen molar-refractivity contribution in [3.8, 4) is 16.9 Å². The van der Waals surface area contributed by atoms with Crippen LogP contribution in [0.25, 0.3) is 11.1 Å². The van der Waals surface area contributed by atoms with Gasteiger partial charge in [0.2, 0.25) is 0 Å². The van der Waals surface area contributed by atoms with Crippen LogP contribution in [0, 0.1) is 13.8 Å². The number of rotatable bonds is 2. The summed E-state index contributed by atoms with van der Waals surface area (Å²) < 4.78 is 5.87. The van der Waals surface area contributed by atoms with Crippen molar-refractivity contribution in [2.75, 3.05) is 6.54 Å². The third-order valence-corrected chi connectivity index (χ3v) is 3.87. The zero-order chi connectivity index (χ0) is 13.4. The summed E-state index contributed by atoms with van der Waals surface area (Å²) in [6, 6.07) is 12.7. The zero-order valence-corrected chi connectivity index (χ0v) is 11.4. The van der Waals surface area contributed by atoms with Crippen molar-refractivity contribution in [2.45, 2.75) is 26.4 Å². The molecule has 0 saturated carbocycles. The predicted molar refractivity (Wildman–Crippen MR) is 78.5 cm³/mol. The Labute approximate surface area is 114 Å². The molecule has 2 aromatic rings. The lowest BCUT2D eigenvalue weighted by Crippen LogP contribution is -2.24. The Hall–Kier alpha value is -1.80. The summed E-state index contributed by atoms with van der Waals surface area (Å²) in [7, 11) is 0. The third-order valence-electron chi connectivity index (χ3n) is 3.87. The molecule has 2 nitrogen and oxygen atoms in total. The van der Waals surface area contributed by atoms with E-state index in [0.29, 0.717) is 6.54 Å². The van der Waals surface area contributed by atoms with Gasteiger partial charge < -0.3 is 10.5 Å².